The van der Waals surface area contributed by atoms with E-state index in [4.69, 9.17) is 4.74 Å². The third-order valence-electron chi connectivity index (χ3n) is 5.38. The Bertz CT molecular complexity index is 853. The molecule has 3 rings (SSSR count). The van der Waals surface area contributed by atoms with Crippen LogP contribution in [-0.2, 0) is 9.53 Å². The first kappa shape index (κ1) is 22.0. The van der Waals surface area contributed by atoms with Crippen LogP contribution in [0, 0.1) is 0 Å². The van der Waals surface area contributed by atoms with Gasteiger partial charge in [0.15, 0.2) is 0 Å². The molecule has 154 valence electrons. The Hall–Kier alpha value is -2.70. The molecule has 0 saturated heterocycles. The van der Waals surface area contributed by atoms with Crippen molar-refractivity contribution in [2.24, 2.45) is 0 Å². The zero-order valence-electron chi connectivity index (χ0n) is 17.8. The fraction of sp³-hybridized carbons (Fsp3) is 0.222. The molecule has 0 N–H and O–H groups in total. The third kappa shape index (κ3) is 4.71. The highest BCUT2D eigenvalue weighted by atomic mass is 31.2. The van der Waals surface area contributed by atoms with Crippen molar-refractivity contribution in [1.29, 1.82) is 0 Å². The summed E-state index contributed by atoms with van der Waals surface area (Å²) in [7, 11) is -0.756. The van der Waals surface area contributed by atoms with Crippen molar-refractivity contribution in [3.8, 4) is 0 Å². The number of methoxy groups -OCH3 is 1. The minimum absolute atomic E-state index is 0.284. The lowest BCUT2D eigenvalue weighted by atomic mass is 10.2. The highest BCUT2D eigenvalue weighted by Gasteiger charge is 2.49. The van der Waals surface area contributed by atoms with Crippen LogP contribution in [0.2, 0.25) is 0 Å². The van der Waals surface area contributed by atoms with Crippen molar-refractivity contribution in [1.82, 2.24) is 0 Å². The van der Waals surface area contributed by atoms with Crippen molar-refractivity contribution in [2.45, 2.75) is 32.6 Å². The van der Waals surface area contributed by atoms with E-state index in [1.807, 2.05) is 0 Å². The average Bonchev–Trinajstić information content (AvgIpc) is 2.81. The van der Waals surface area contributed by atoms with E-state index in [0.717, 1.165) is 25.7 Å². The van der Waals surface area contributed by atoms with E-state index < -0.39 is 7.26 Å². The van der Waals surface area contributed by atoms with Crippen LogP contribution < -0.4 is 15.9 Å². The zero-order chi connectivity index (χ0) is 21.2. The van der Waals surface area contributed by atoms with E-state index in [2.05, 4.69) is 97.9 Å². The lowest BCUT2D eigenvalue weighted by molar-refractivity contribution is -0.134. The van der Waals surface area contributed by atoms with Crippen LogP contribution >= 0.6 is 7.26 Å². The van der Waals surface area contributed by atoms with Gasteiger partial charge in [-0.25, -0.2) is 4.79 Å². The molecule has 0 atom stereocenters. The SMILES string of the molecule is CCCCC/C(=C\C(=O)OC)[P+](c1ccccc1)(c1ccccc1)c1ccccc1. The average molecular weight is 418 g/mol. The molecule has 0 saturated carbocycles. The van der Waals surface area contributed by atoms with Crippen molar-refractivity contribution in [2.75, 3.05) is 7.11 Å². The Morgan fingerprint density at radius 1 is 0.767 bits per heavy atom. The molecule has 2 nitrogen and oxygen atoms in total. The van der Waals surface area contributed by atoms with E-state index in [-0.39, 0.29) is 5.97 Å². The molecule has 0 aliphatic carbocycles. The number of ether oxygens (including phenoxy) is 1. The second kappa shape index (κ2) is 10.9. The number of hydrogen-bond acceptors (Lipinski definition) is 2. The van der Waals surface area contributed by atoms with Crippen LogP contribution in [0.4, 0.5) is 0 Å². The minimum atomic E-state index is -2.21. The summed E-state index contributed by atoms with van der Waals surface area (Å²) in [5.41, 5.74) is 0. The van der Waals surface area contributed by atoms with Gasteiger partial charge in [0.2, 0.25) is 0 Å². The predicted molar refractivity (Wildman–Crippen MR) is 129 cm³/mol. The number of esters is 1. The Morgan fingerprint density at radius 3 is 1.57 bits per heavy atom. The Balaban J connectivity index is 2.36. The van der Waals surface area contributed by atoms with Gasteiger partial charge < -0.3 is 4.74 Å². The Kier molecular flexibility index (Phi) is 7.99. The highest BCUT2D eigenvalue weighted by Crippen LogP contribution is 2.63. The van der Waals surface area contributed by atoms with Crippen LogP contribution in [0.5, 0.6) is 0 Å². The summed E-state index contributed by atoms with van der Waals surface area (Å²) in [6.07, 6.45) is 5.95. The minimum Gasteiger partial charge on any atom is -0.466 e. The molecule has 0 aromatic heterocycles. The molecular weight excluding hydrogens is 387 g/mol. The van der Waals surface area contributed by atoms with Gasteiger partial charge in [-0.05, 0) is 42.8 Å². The molecule has 0 fully saturated rings. The largest absolute Gasteiger partial charge is 0.466 e. The first-order valence-electron chi connectivity index (χ1n) is 10.6. The van der Waals surface area contributed by atoms with Gasteiger partial charge in [-0.3, -0.25) is 0 Å². The second-order valence-electron chi connectivity index (χ2n) is 7.29. The first-order valence-corrected chi connectivity index (χ1v) is 12.4. The summed E-state index contributed by atoms with van der Waals surface area (Å²) >= 11 is 0. The molecule has 3 heteroatoms. The summed E-state index contributed by atoms with van der Waals surface area (Å²) < 4.78 is 5.09. The molecule has 3 aromatic rings. The molecular formula is C27H30O2P+. The molecule has 0 spiro atoms. The van der Waals surface area contributed by atoms with E-state index in [9.17, 15) is 4.79 Å². The van der Waals surface area contributed by atoms with Gasteiger partial charge in [0.05, 0.1) is 18.5 Å². The Morgan fingerprint density at radius 2 is 1.20 bits per heavy atom. The maximum Gasteiger partial charge on any atom is 0.334 e. The van der Waals surface area contributed by atoms with E-state index in [1.54, 1.807) is 6.08 Å². The maximum atomic E-state index is 12.5. The lowest BCUT2D eigenvalue weighted by Crippen LogP contribution is -2.32. The molecule has 0 radical (unpaired) electrons. The van der Waals surface area contributed by atoms with Crippen LogP contribution in [0.1, 0.15) is 32.6 Å². The van der Waals surface area contributed by atoms with Gasteiger partial charge in [0, 0.05) is 6.42 Å². The van der Waals surface area contributed by atoms with Gasteiger partial charge in [0.25, 0.3) is 0 Å². The molecule has 0 aliphatic heterocycles. The molecule has 30 heavy (non-hydrogen) atoms. The molecule has 0 heterocycles. The maximum absolute atomic E-state index is 12.5. The predicted octanol–water partition coefficient (Wildman–Crippen LogP) is 5.62. The monoisotopic (exact) mass is 417 g/mol. The van der Waals surface area contributed by atoms with Gasteiger partial charge in [0.1, 0.15) is 23.2 Å². The normalized spacial score (nSPS) is 11.9. The fourth-order valence-corrected chi connectivity index (χ4v) is 8.53. The first-order chi connectivity index (χ1) is 14.7. The van der Waals surface area contributed by atoms with Crippen LogP contribution in [-0.4, -0.2) is 13.1 Å². The van der Waals surface area contributed by atoms with E-state index >= 15 is 0 Å². The van der Waals surface area contributed by atoms with E-state index in [0.29, 0.717) is 0 Å². The second-order valence-corrected chi connectivity index (χ2v) is 10.8. The number of unbranched alkanes of at least 4 members (excludes halogenated alkanes) is 2. The fourth-order valence-electron chi connectivity index (χ4n) is 3.99. The summed E-state index contributed by atoms with van der Waals surface area (Å²) in [6, 6.07) is 32.0. The van der Waals surface area contributed by atoms with Crippen molar-refractivity contribution in [3.05, 3.63) is 102 Å². The van der Waals surface area contributed by atoms with Crippen molar-refractivity contribution < 1.29 is 9.53 Å². The summed E-state index contributed by atoms with van der Waals surface area (Å²) in [5.74, 6) is -0.284. The number of rotatable bonds is 9. The number of carbonyl (C=O) groups excluding carboxylic acids is 1. The summed E-state index contributed by atoms with van der Waals surface area (Å²) in [5, 5.41) is 4.95. The molecule has 0 amide bonds. The molecule has 0 bridgehead atoms. The van der Waals surface area contributed by atoms with Gasteiger partial charge in [-0.1, -0.05) is 74.4 Å². The van der Waals surface area contributed by atoms with Crippen molar-refractivity contribution in [3.63, 3.8) is 0 Å². The van der Waals surface area contributed by atoms with Gasteiger partial charge in [-0.2, -0.15) is 0 Å². The number of carbonyl (C=O) groups is 1. The third-order valence-corrected chi connectivity index (χ3v) is 9.82. The zero-order valence-corrected chi connectivity index (χ0v) is 18.7. The smallest absolute Gasteiger partial charge is 0.334 e. The van der Waals surface area contributed by atoms with Gasteiger partial charge >= 0.3 is 5.97 Å². The van der Waals surface area contributed by atoms with Crippen LogP contribution in [0.15, 0.2) is 102 Å². The topological polar surface area (TPSA) is 26.3 Å². The highest BCUT2D eigenvalue weighted by molar-refractivity contribution is 7.99. The molecule has 0 aliphatic rings. The van der Waals surface area contributed by atoms with E-state index in [1.165, 1.54) is 28.3 Å². The summed E-state index contributed by atoms with van der Waals surface area (Å²) in [4.78, 5) is 12.5. The molecule has 3 aromatic carbocycles. The summed E-state index contributed by atoms with van der Waals surface area (Å²) in [6.45, 7) is 2.21. The number of hydrogen-bond donors (Lipinski definition) is 0. The van der Waals surface area contributed by atoms with Crippen molar-refractivity contribution >= 4 is 29.1 Å². The molecule has 0 unspecified atom stereocenters. The van der Waals surface area contributed by atoms with Crippen LogP contribution in [0.3, 0.4) is 0 Å². The number of allylic oxidation sites excluding steroid dienone is 1. The number of benzene rings is 3. The van der Waals surface area contributed by atoms with Crippen LogP contribution in [0.25, 0.3) is 0 Å². The van der Waals surface area contributed by atoms with Gasteiger partial charge in [-0.15, -0.1) is 0 Å². The Labute approximate surface area is 181 Å². The standard InChI is InChI=1S/C27H30O2P/c1-3-4-8-21-26(22-27(28)29-2)30(23-15-9-5-10-16-23,24-17-11-6-12-18-24)25-19-13-7-14-20-25/h5-7,9-20,22H,3-4,8,21H2,1-2H3/q+1/b26-22+. The quantitative estimate of drug-likeness (QED) is 0.196. The lowest BCUT2D eigenvalue weighted by Gasteiger charge is -2.29.